The first kappa shape index (κ1) is 24.1. The van der Waals surface area contributed by atoms with Gasteiger partial charge in [0, 0.05) is 29.7 Å². The third-order valence-electron chi connectivity index (χ3n) is 5.24. The molecule has 0 spiro atoms. The Labute approximate surface area is 187 Å². The van der Waals surface area contributed by atoms with Gasteiger partial charge in [-0.2, -0.15) is 13.2 Å². The predicted molar refractivity (Wildman–Crippen MR) is 112 cm³/mol. The molecule has 0 bridgehead atoms. The van der Waals surface area contributed by atoms with Crippen LogP contribution in [0, 0.1) is 5.92 Å². The minimum Gasteiger partial charge on any atom is -0.491 e. The summed E-state index contributed by atoms with van der Waals surface area (Å²) in [6.07, 6.45) is -3.79. The highest BCUT2D eigenvalue weighted by molar-refractivity contribution is 6.30. The van der Waals surface area contributed by atoms with Gasteiger partial charge in [-0.25, -0.2) is 4.79 Å². The molecule has 1 aliphatic rings. The Bertz CT molecular complexity index is 1050. The highest BCUT2D eigenvalue weighted by atomic mass is 35.5. The first-order valence-electron chi connectivity index (χ1n) is 10.1. The number of aliphatic carboxylic acids is 1. The van der Waals surface area contributed by atoms with Gasteiger partial charge in [-0.1, -0.05) is 17.7 Å². The number of carboxylic acid groups (broad SMARTS) is 1. The molecule has 1 N–H and O–H groups in total. The molecule has 0 amide bonds. The number of halogens is 4. The number of hydrogen-bond donors (Lipinski definition) is 1. The van der Waals surface area contributed by atoms with Crippen LogP contribution in [0.3, 0.4) is 0 Å². The number of aromatic nitrogens is 1. The molecular formula is C22H23ClF3NO5. The quantitative estimate of drug-likeness (QED) is 0.656. The number of ether oxygens (including phenoxy) is 2. The van der Waals surface area contributed by atoms with Gasteiger partial charge in [0.15, 0.2) is 0 Å². The summed E-state index contributed by atoms with van der Waals surface area (Å²) >= 11 is 6.07. The number of benzene rings is 1. The van der Waals surface area contributed by atoms with E-state index in [1.54, 1.807) is 13.8 Å². The van der Waals surface area contributed by atoms with Crippen LogP contribution in [-0.2, 0) is 16.0 Å². The highest BCUT2D eigenvalue weighted by Crippen LogP contribution is 2.40. The summed E-state index contributed by atoms with van der Waals surface area (Å²) in [6.45, 7) is 3.01. The van der Waals surface area contributed by atoms with Crippen LogP contribution in [0.2, 0.25) is 5.02 Å². The molecule has 2 heterocycles. The SMILES string of the molecule is CC(C)OCCC(C(=O)O)n1cc2c(cc1=O)-c1cc(Cl)ccc1CC(C(F)(F)F)CO2. The van der Waals surface area contributed by atoms with E-state index >= 15 is 0 Å². The smallest absolute Gasteiger partial charge is 0.395 e. The average Bonchev–Trinajstić information content (AvgIpc) is 2.67. The molecule has 10 heteroatoms. The van der Waals surface area contributed by atoms with Gasteiger partial charge in [0.1, 0.15) is 18.4 Å². The Balaban J connectivity index is 2.09. The van der Waals surface area contributed by atoms with E-state index in [4.69, 9.17) is 21.1 Å². The number of carbonyl (C=O) groups is 1. The van der Waals surface area contributed by atoms with E-state index in [-0.39, 0.29) is 41.9 Å². The summed E-state index contributed by atoms with van der Waals surface area (Å²) in [6, 6.07) is 4.38. The molecule has 2 atom stereocenters. The molecule has 0 saturated carbocycles. The van der Waals surface area contributed by atoms with Crippen LogP contribution in [0.5, 0.6) is 5.75 Å². The van der Waals surface area contributed by atoms with Gasteiger partial charge in [0.25, 0.3) is 5.56 Å². The van der Waals surface area contributed by atoms with Crippen LogP contribution in [0.25, 0.3) is 11.1 Å². The number of hydrogen-bond acceptors (Lipinski definition) is 4. The maximum absolute atomic E-state index is 13.5. The summed E-state index contributed by atoms with van der Waals surface area (Å²) in [7, 11) is 0. The van der Waals surface area contributed by atoms with E-state index < -0.39 is 36.3 Å². The van der Waals surface area contributed by atoms with Crippen molar-refractivity contribution >= 4 is 17.6 Å². The molecule has 2 aromatic rings. The Morgan fingerprint density at radius 1 is 1.31 bits per heavy atom. The zero-order valence-corrected chi connectivity index (χ0v) is 18.2. The van der Waals surface area contributed by atoms with Crippen molar-refractivity contribution in [2.75, 3.05) is 13.2 Å². The Morgan fingerprint density at radius 2 is 2.03 bits per heavy atom. The molecule has 3 rings (SSSR count). The summed E-state index contributed by atoms with van der Waals surface area (Å²) in [5, 5.41) is 9.93. The van der Waals surface area contributed by atoms with Gasteiger partial charge in [-0.05, 0) is 43.5 Å². The van der Waals surface area contributed by atoms with Crippen molar-refractivity contribution in [3.05, 3.63) is 51.4 Å². The molecule has 0 radical (unpaired) electrons. The van der Waals surface area contributed by atoms with Crippen LogP contribution in [0.15, 0.2) is 35.3 Å². The average molecular weight is 474 g/mol. The molecular weight excluding hydrogens is 451 g/mol. The molecule has 1 aromatic carbocycles. The highest BCUT2D eigenvalue weighted by Gasteiger charge is 2.41. The van der Waals surface area contributed by atoms with Crippen LogP contribution in [-0.4, -0.2) is 41.1 Å². The fourth-order valence-corrected chi connectivity index (χ4v) is 3.77. The number of alkyl halides is 3. The lowest BCUT2D eigenvalue weighted by atomic mass is 9.91. The third-order valence-corrected chi connectivity index (χ3v) is 5.47. The monoisotopic (exact) mass is 473 g/mol. The normalized spacial score (nSPS) is 17.0. The summed E-state index contributed by atoms with van der Waals surface area (Å²) in [4.78, 5) is 24.7. The fraction of sp³-hybridized carbons (Fsp3) is 0.455. The van der Waals surface area contributed by atoms with E-state index in [1.165, 1.54) is 24.3 Å². The summed E-state index contributed by atoms with van der Waals surface area (Å²) < 4.78 is 52.4. The van der Waals surface area contributed by atoms with E-state index in [2.05, 4.69) is 0 Å². The van der Waals surface area contributed by atoms with Crippen LogP contribution in [0.1, 0.15) is 31.9 Å². The van der Waals surface area contributed by atoms with Gasteiger partial charge >= 0.3 is 12.1 Å². The van der Waals surface area contributed by atoms with Crippen LogP contribution < -0.4 is 10.3 Å². The summed E-state index contributed by atoms with van der Waals surface area (Å²) in [5.74, 6) is -3.05. The molecule has 1 aliphatic heterocycles. The number of pyridine rings is 1. The topological polar surface area (TPSA) is 77.8 Å². The first-order chi connectivity index (χ1) is 15.0. The molecule has 0 saturated heterocycles. The molecule has 2 unspecified atom stereocenters. The number of fused-ring (bicyclic) bond motifs is 3. The minimum absolute atomic E-state index is 0.000200. The number of rotatable bonds is 6. The van der Waals surface area contributed by atoms with Gasteiger partial charge < -0.3 is 14.6 Å². The van der Waals surface area contributed by atoms with E-state index in [0.717, 1.165) is 10.8 Å². The number of carboxylic acids is 1. The molecule has 1 aromatic heterocycles. The van der Waals surface area contributed by atoms with Gasteiger partial charge in [-0.3, -0.25) is 9.36 Å². The van der Waals surface area contributed by atoms with Gasteiger partial charge in [0.05, 0.1) is 18.2 Å². The van der Waals surface area contributed by atoms with Crippen molar-refractivity contribution in [2.45, 2.75) is 45.0 Å². The molecule has 0 fully saturated rings. The van der Waals surface area contributed by atoms with Crippen LogP contribution >= 0.6 is 11.6 Å². The van der Waals surface area contributed by atoms with Crippen molar-refractivity contribution in [1.29, 1.82) is 0 Å². The standard InChI is InChI=1S/C22H23ClF3NO5/c1-12(2)31-6-5-18(21(29)30)27-10-19-17(9-20(27)28)16-8-15(23)4-3-13(16)7-14(11-32-19)22(24,25)26/h3-4,8-10,12,14,18H,5-7,11H2,1-2H3,(H,29,30). The second-order valence-corrected chi connectivity index (χ2v) is 8.35. The van der Waals surface area contributed by atoms with Crippen molar-refractivity contribution in [2.24, 2.45) is 5.92 Å². The lowest BCUT2D eigenvalue weighted by molar-refractivity contribution is -0.181. The zero-order valence-electron chi connectivity index (χ0n) is 17.5. The van der Waals surface area contributed by atoms with Crippen molar-refractivity contribution in [3.8, 4) is 16.9 Å². The van der Waals surface area contributed by atoms with E-state index in [9.17, 15) is 27.9 Å². The van der Waals surface area contributed by atoms with Crippen LogP contribution in [0.4, 0.5) is 13.2 Å². The van der Waals surface area contributed by atoms with E-state index in [1.807, 2.05) is 0 Å². The Morgan fingerprint density at radius 3 is 2.66 bits per heavy atom. The van der Waals surface area contributed by atoms with Gasteiger partial charge in [0.2, 0.25) is 0 Å². The van der Waals surface area contributed by atoms with Crippen molar-refractivity contribution in [1.82, 2.24) is 4.57 Å². The first-order valence-corrected chi connectivity index (χ1v) is 10.4. The largest absolute Gasteiger partial charge is 0.491 e. The number of nitrogens with zero attached hydrogens (tertiary/aromatic N) is 1. The molecule has 32 heavy (non-hydrogen) atoms. The lowest BCUT2D eigenvalue weighted by Crippen LogP contribution is -2.33. The molecule has 0 aliphatic carbocycles. The van der Waals surface area contributed by atoms with Gasteiger partial charge in [-0.15, -0.1) is 0 Å². The Hall–Kier alpha value is -2.52. The molecule has 174 valence electrons. The zero-order chi connectivity index (χ0) is 23.6. The second-order valence-electron chi connectivity index (χ2n) is 7.91. The summed E-state index contributed by atoms with van der Waals surface area (Å²) in [5.41, 5.74) is 0.370. The van der Waals surface area contributed by atoms with E-state index in [0.29, 0.717) is 11.1 Å². The Kier molecular flexibility index (Phi) is 7.19. The minimum atomic E-state index is -4.50. The maximum Gasteiger partial charge on any atom is 0.395 e. The van der Waals surface area contributed by atoms with Crippen molar-refractivity contribution < 1.29 is 32.5 Å². The fourth-order valence-electron chi connectivity index (χ4n) is 3.60. The third kappa shape index (κ3) is 5.45. The predicted octanol–water partition coefficient (Wildman–Crippen LogP) is 4.72. The second kappa shape index (κ2) is 9.54. The maximum atomic E-state index is 13.5. The lowest BCUT2D eigenvalue weighted by Gasteiger charge is -2.27. The molecule has 6 nitrogen and oxygen atoms in total. The van der Waals surface area contributed by atoms with Crippen molar-refractivity contribution in [3.63, 3.8) is 0 Å².